The highest BCUT2D eigenvalue weighted by atomic mass is 16.5. The van der Waals surface area contributed by atoms with Crippen LogP contribution in [0.3, 0.4) is 0 Å². The Bertz CT molecular complexity index is 1040. The van der Waals surface area contributed by atoms with E-state index in [9.17, 15) is 19.2 Å². The molecule has 3 aromatic rings. The highest BCUT2D eigenvalue weighted by Gasteiger charge is 2.15. The summed E-state index contributed by atoms with van der Waals surface area (Å²) in [4.78, 5) is 47.7. The molecule has 1 aromatic carbocycles. The third-order valence-electron chi connectivity index (χ3n) is 3.82. The number of anilines is 2. The van der Waals surface area contributed by atoms with Crippen molar-refractivity contribution in [3.05, 3.63) is 59.0 Å². The highest BCUT2D eigenvalue weighted by Crippen LogP contribution is 2.10. The molecule has 0 aliphatic heterocycles. The van der Waals surface area contributed by atoms with Crippen LogP contribution in [0.4, 0.5) is 11.6 Å². The van der Waals surface area contributed by atoms with Crippen LogP contribution in [0, 0.1) is 13.8 Å². The number of esters is 2. The van der Waals surface area contributed by atoms with Crippen molar-refractivity contribution in [2.75, 3.05) is 23.8 Å². The maximum absolute atomic E-state index is 12.1. The van der Waals surface area contributed by atoms with Crippen LogP contribution >= 0.6 is 0 Å². The Morgan fingerprint density at radius 2 is 1.12 bits per heavy atom. The molecule has 12 heteroatoms. The summed E-state index contributed by atoms with van der Waals surface area (Å²) < 4.78 is 19.4. The van der Waals surface area contributed by atoms with E-state index in [-0.39, 0.29) is 22.8 Å². The first kappa shape index (κ1) is 22.2. The first-order valence-corrected chi connectivity index (χ1v) is 9.21. The first-order valence-electron chi connectivity index (χ1n) is 9.21. The summed E-state index contributed by atoms with van der Waals surface area (Å²) in [7, 11) is 0. The summed E-state index contributed by atoms with van der Waals surface area (Å²) in [6.45, 7) is 2.26. The number of carbonyl (C=O) groups excluding carboxylic acids is 4. The molecule has 0 spiro atoms. The van der Waals surface area contributed by atoms with Gasteiger partial charge in [0, 0.05) is 12.1 Å². The van der Waals surface area contributed by atoms with E-state index in [1.165, 1.54) is 36.4 Å². The molecule has 3 rings (SSSR count). The summed E-state index contributed by atoms with van der Waals surface area (Å²) in [6.07, 6.45) is 0. The lowest BCUT2D eigenvalue weighted by Gasteiger charge is -2.06. The zero-order valence-corrected chi connectivity index (χ0v) is 17.0. The molecule has 2 amide bonds. The van der Waals surface area contributed by atoms with Gasteiger partial charge in [0.05, 0.1) is 11.1 Å². The zero-order chi connectivity index (χ0) is 23.1. The molecule has 0 saturated heterocycles. The second kappa shape index (κ2) is 10.0. The van der Waals surface area contributed by atoms with Crippen LogP contribution in [0.1, 0.15) is 32.2 Å². The molecule has 0 aliphatic rings. The number of hydrogen-bond donors (Lipinski definition) is 2. The Hall–Kier alpha value is -4.48. The number of nitrogens with one attached hydrogen (secondary N) is 2. The smallest absolute Gasteiger partial charge is 0.338 e. The van der Waals surface area contributed by atoms with Crippen LogP contribution in [-0.2, 0) is 19.1 Å². The fourth-order valence-corrected chi connectivity index (χ4v) is 2.38. The van der Waals surface area contributed by atoms with Crippen molar-refractivity contribution in [1.82, 2.24) is 10.3 Å². The number of aryl methyl sites for hydroxylation is 2. The fraction of sp³-hybridized carbons (Fsp3) is 0.200. The summed E-state index contributed by atoms with van der Waals surface area (Å²) in [6, 6.07) is 8.34. The number of aromatic nitrogens is 2. The Balaban J connectivity index is 1.43. The molecule has 0 atom stereocenters. The number of hydrogen-bond acceptors (Lipinski definition) is 10. The fourth-order valence-electron chi connectivity index (χ4n) is 2.38. The SMILES string of the molecule is Cc1cc(NC(=O)COC(=O)c2ccc(C(=O)OCC(=O)Nc3cc(C)on3)cc2)no1. The summed E-state index contributed by atoms with van der Waals surface area (Å²) in [5, 5.41) is 12.0. The predicted molar refractivity (Wildman–Crippen MR) is 107 cm³/mol. The lowest BCUT2D eigenvalue weighted by Crippen LogP contribution is -2.21. The quantitative estimate of drug-likeness (QED) is 0.492. The average molecular weight is 442 g/mol. The van der Waals surface area contributed by atoms with E-state index in [2.05, 4.69) is 20.9 Å². The second-order valence-corrected chi connectivity index (χ2v) is 6.47. The molecular weight excluding hydrogens is 424 g/mol. The number of nitrogens with zero attached hydrogens (tertiary/aromatic N) is 2. The van der Waals surface area contributed by atoms with E-state index >= 15 is 0 Å². The van der Waals surface area contributed by atoms with Gasteiger partial charge in [-0.3, -0.25) is 9.59 Å². The standard InChI is InChI=1S/C20H18N4O8/c1-11-7-15(23-31-11)21-17(25)9-29-19(27)13-3-5-14(6-4-13)20(28)30-10-18(26)22-16-8-12(2)32-24-16/h3-8H,9-10H2,1-2H3,(H,21,23,25)(H,22,24,26). The monoisotopic (exact) mass is 442 g/mol. The molecule has 12 nitrogen and oxygen atoms in total. The minimum Gasteiger partial charge on any atom is -0.452 e. The molecule has 2 aromatic heterocycles. The van der Waals surface area contributed by atoms with E-state index in [0.29, 0.717) is 11.5 Å². The van der Waals surface area contributed by atoms with Gasteiger partial charge in [0.2, 0.25) is 0 Å². The third kappa shape index (κ3) is 6.26. The third-order valence-corrected chi connectivity index (χ3v) is 3.82. The molecule has 166 valence electrons. The number of carbonyl (C=O) groups is 4. The van der Waals surface area contributed by atoms with Gasteiger partial charge in [0.1, 0.15) is 11.5 Å². The summed E-state index contributed by atoms with van der Waals surface area (Å²) in [5.41, 5.74) is 0.233. The maximum Gasteiger partial charge on any atom is 0.338 e. The molecule has 2 N–H and O–H groups in total. The van der Waals surface area contributed by atoms with Crippen LogP contribution < -0.4 is 10.6 Å². The van der Waals surface area contributed by atoms with E-state index in [1.54, 1.807) is 13.8 Å². The zero-order valence-electron chi connectivity index (χ0n) is 17.0. The molecule has 0 saturated carbocycles. The van der Waals surface area contributed by atoms with Crippen molar-refractivity contribution in [2.45, 2.75) is 13.8 Å². The van der Waals surface area contributed by atoms with Crippen molar-refractivity contribution >= 4 is 35.4 Å². The van der Waals surface area contributed by atoms with Gasteiger partial charge in [-0.1, -0.05) is 10.3 Å². The van der Waals surface area contributed by atoms with Crippen LogP contribution in [0.2, 0.25) is 0 Å². The molecule has 32 heavy (non-hydrogen) atoms. The Labute approximate surface area is 180 Å². The van der Waals surface area contributed by atoms with Crippen molar-refractivity contribution in [3.63, 3.8) is 0 Å². The van der Waals surface area contributed by atoms with Gasteiger partial charge >= 0.3 is 11.9 Å². The summed E-state index contributed by atoms with van der Waals surface area (Å²) >= 11 is 0. The molecule has 0 fully saturated rings. The van der Waals surface area contributed by atoms with Crippen LogP contribution in [-0.4, -0.2) is 47.3 Å². The molecule has 2 heterocycles. The van der Waals surface area contributed by atoms with E-state index in [1.807, 2.05) is 0 Å². The van der Waals surface area contributed by atoms with E-state index < -0.39 is 37.0 Å². The number of rotatable bonds is 8. The lowest BCUT2D eigenvalue weighted by molar-refractivity contribution is -0.119. The minimum atomic E-state index is -0.765. The van der Waals surface area contributed by atoms with Gasteiger partial charge < -0.3 is 29.2 Å². The minimum absolute atomic E-state index is 0.116. The van der Waals surface area contributed by atoms with Gasteiger partial charge in [-0.15, -0.1) is 0 Å². The molecule has 0 unspecified atom stereocenters. The molecule has 0 aliphatic carbocycles. The van der Waals surface area contributed by atoms with Gasteiger partial charge in [-0.05, 0) is 38.1 Å². The first-order chi connectivity index (χ1) is 15.3. The number of benzene rings is 1. The molecule has 0 bridgehead atoms. The summed E-state index contributed by atoms with van der Waals surface area (Å²) in [5.74, 6) is -1.27. The molecule has 0 radical (unpaired) electrons. The van der Waals surface area contributed by atoms with Gasteiger partial charge in [-0.25, -0.2) is 9.59 Å². The van der Waals surface area contributed by atoms with Crippen molar-refractivity contribution in [2.24, 2.45) is 0 Å². The second-order valence-electron chi connectivity index (χ2n) is 6.47. The normalized spacial score (nSPS) is 10.3. The predicted octanol–water partition coefficient (Wildman–Crippen LogP) is 1.87. The van der Waals surface area contributed by atoms with E-state index in [0.717, 1.165) is 0 Å². The number of ether oxygens (including phenoxy) is 2. The van der Waals surface area contributed by atoms with Crippen molar-refractivity contribution in [1.29, 1.82) is 0 Å². The van der Waals surface area contributed by atoms with Crippen molar-refractivity contribution < 1.29 is 37.7 Å². The van der Waals surface area contributed by atoms with Crippen LogP contribution in [0.5, 0.6) is 0 Å². The van der Waals surface area contributed by atoms with E-state index in [4.69, 9.17) is 18.5 Å². The average Bonchev–Trinajstić information content (AvgIpc) is 3.37. The topological polar surface area (TPSA) is 163 Å². The highest BCUT2D eigenvalue weighted by molar-refractivity contribution is 5.97. The van der Waals surface area contributed by atoms with Gasteiger partial charge in [0.25, 0.3) is 11.8 Å². The van der Waals surface area contributed by atoms with Gasteiger partial charge in [0.15, 0.2) is 24.8 Å². The van der Waals surface area contributed by atoms with Crippen molar-refractivity contribution in [3.8, 4) is 0 Å². The Morgan fingerprint density at radius 1 is 0.750 bits per heavy atom. The lowest BCUT2D eigenvalue weighted by atomic mass is 10.1. The van der Waals surface area contributed by atoms with Gasteiger partial charge in [-0.2, -0.15) is 0 Å². The largest absolute Gasteiger partial charge is 0.452 e. The number of amides is 2. The Morgan fingerprint density at radius 3 is 1.44 bits per heavy atom. The van der Waals surface area contributed by atoms with Crippen LogP contribution in [0.25, 0.3) is 0 Å². The Kier molecular flexibility index (Phi) is 6.95. The maximum atomic E-state index is 12.1. The van der Waals surface area contributed by atoms with Crippen LogP contribution in [0.15, 0.2) is 45.4 Å². The molecular formula is C20H18N4O8.